The maximum atomic E-state index is 14.7. The second-order valence-electron chi connectivity index (χ2n) is 7.66. The van der Waals surface area contributed by atoms with Gasteiger partial charge < -0.3 is 15.4 Å². The summed E-state index contributed by atoms with van der Waals surface area (Å²) in [6.07, 6.45) is 1.79. The van der Waals surface area contributed by atoms with E-state index in [0.29, 0.717) is 43.3 Å². The van der Waals surface area contributed by atoms with Crippen LogP contribution in [-0.2, 0) is 11.3 Å². The average molecular weight is 485 g/mol. The van der Waals surface area contributed by atoms with Crippen LogP contribution in [-0.4, -0.2) is 53.2 Å². The monoisotopic (exact) mass is 484 g/mol. The van der Waals surface area contributed by atoms with Crippen LogP contribution < -0.4 is 10.6 Å². The molecule has 0 unspecified atom stereocenters. The number of rotatable bonds is 6. The first-order chi connectivity index (χ1) is 16.1. The number of halogens is 2. The fourth-order valence-corrected chi connectivity index (χ4v) is 4.80. The number of anilines is 3. The van der Waals surface area contributed by atoms with E-state index < -0.39 is 5.82 Å². The maximum Gasteiger partial charge on any atom is 0.190 e. The normalized spacial score (nSPS) is 14.5. The van der Waals surface area contributed by atoms with Crippen molar-refractivity contribution in [2.45, 2.75) is 6.54 Å². The Bertz CT molecular complexity index is 1290. The Morgan fingerprint density at radius 2 is 1.94 bits per heavy atom. The molecule has 1 aliphatic heterocycles. The highest BCUT2D eigenvalue weighted by Gasteiger charge is 2.17. The van der Waals surface area contributed by atoms with E-state index in [-0.39, 0.29) is 0 Å². The molecule has 4 aromatic rings. The fourth-order valence-electron chi connectivity index (χ4n) is 3.77. The van der Waals surface area contributed by atoms with Gasteiger partial charge in [-0.1, -0.05) is 22.9 Å². The van der Waals surface area contributed by atoms with Crippen molar-refractivity contribution in [1.29, 1.82) is 0 Å². The molecular formula is C23H22ClFN6OS. The molecule has 33 heavy (non-hydrogen) atoms. The van der Waals surface area contributed by atoms with Crippen LogP contribution in [0.2, 0.25) is 5.02 Å². The SMILES string of the molecule is CNc1cc(-c2ccc(Cl)cc2F)c2nc(Nc3cc(CN4CCOCC4)ccn3)sc2n1. The van der Waals surface area contributed by atoms with Gasteiger partial charge in [0.2, 0.25) is 0 Å². The zero-order chi connectivity index (χ0) is 22.8. The quantitative estimate of drug-likeness (QED) is 0.391. The summed E-state index contributed by atoms with van der Waals surface area (Å²) in [6.45, 7) is 4.21. The van der Waals surface area contributed by atoms with Crippen molar-refractivity contribution in [3.63, 3.8) is 0 Å². The zero-order valence-corrected chi connectivity index (χ0v) is 19.5. The van der Waals surface area contributed by atoms with Crippen molar-refractivity contribution in [1.82, 2.24) is 19.9 Å². The van der Waals surface area contributed by atoms with E-state index in [1.54, 1.807) is 31.4 Å². The van der Waals surface area contributed by atoms with E-state index in [4.69, 9.17) is 21.3 Å². The first kappa shape index (κ1) is 22.0. The summed E-state index contributed by atoms with van der Waals surface area (Å²) in [7, 11) is 1.78. The van der Waals surface area contributed by atoms with Crippen molar-refractivity contribution in [2.24, 2.45) is 0 Å². The summed E-state index contributed by atoms with van der Waals surface area (Å²) in [5.74, 6) is 0.928. The summed E-state index contributed by atoms with van der Waals surface area (Å²) in [4.78, 5) is 16.8. The third kappa shape index (κ3) is 4.91. The topological polar surface area (TPSA) is 75.2 Å². The molecule has 0 saturated carbocycles. The predicted molar refractivity (Wildman–Crippen MR) is 131 cm³/mol. The summed E-state index contributed by atoms with van der Waals surface area (Å²) in [6, 6.07) is 10.5. The molecule has 2 N–H and O–H groups in total. The number of benzene rings is 1. The lowest BCUT2D eigenvalue weighted by molar-refractivity contribution is 0.0342. The van der Waals surface area contributed by atoms with Gasteiger partial charge in [0.05, 0.1) is 13.2 Å². The van der Waals surface area contributed by atoms with Crippen LogP contribution in [0.1, 0.15) is 5.56 Å². The molecule has 7 nitrogen and oxygen atoms in total. The van der Waals surface area contributed by atoms with E-state index >= 15 is 0 Å². The number of thiazole rings is 1. The number of hydrogen-bond acceptors (Lipinski definition) is 8. The van der Waals surface area contributed by atoms with Crippen molar-refractivity contribution in [2.75, 3.05) is 44.0 Å². The molecule has 170 valence electrons. The Kier molecular flexibility index (Phi) is 6.37. The lowest BCUT2D eigenvalue weighted by Gasteiger charge is -2.26. The largest absolute Gasteiger partial charge is 0.379 e. The van der Waals surface area contributed by atoms with Gasteiger partial charge in [0, 0.05) is 49.0 Å². The minimum Gasteiger partial charge on any atom is -0.379 e. The van der Waals surface area contributed by atoms with Crippen LogP contribution in [0.15, 0.2) is 42.6 Å². The third-order valence-electron chi connectivity index (χ3n) is 5.41. The first-order valence-corrected chi connectivity index (χ1v) is 11.8. The highest BCUT2D eigenvalue weighted by atomic mass is 35.5. The number of nitrogens with one attached hydrogen (secondary N) is 2. The number of pyridine rings is 2. The van der Waals surface area contributed by atoms with Crippen LogP contribution in [0.5, 0.6) is 0 Å². The van der Waals surface area contributed by atoms with E-state index in [9.17, 15) is 4.39 Å². The highest BCUT2D eigenvalue weighted by Crippen LogP contribution is 2.37. The number of fused-ring (bicyclic) bond motifs is 1. The van der Waals surface area contributed by atoms with Crippen LogP contribution in [0.3, 0.4) is 0 Å². The molecule has 4 heterocycles. The number of hydrogen-bond donors (Lipinski definition) is 2. The van der Waals surface area contributed by atoms with Crippen LogP contribution >= 0.6 is 22.9 Å². The minimum absolute atomic E-state index is 0.346. The highest BCUT2D eigenvalue weighted by molar-refractivity contribution is 7.21. The van der Waals surface area contributed by atoms with Crippen LogP contribution in [0.4, 0.5) is 21.2 Å². The first-order valence-electron chi connectivity index (χ1n) is 10.6. The smallest absolute Gasteiger partial charge is 0.190 e. The number of morpholine rings is 1. The van der Waals surface area contributed by atoms with E-state index in [0.717, 1.165) is 38.4 Å². The number of ether oxygens (including phenoxy) is 1. The molecule has 1 saturated heterocycles. The second kappa shape index (κ2) is 9.56. The van der Waals surface area contributed by atoms with Gasteiger partial charge in [-0.05, 0) is 42.0 Å². The fraction of sp³-hybridized carbons (Fsp3) is 0.261. The molecule has 5 rings (SSSR count). The molecule has 0 amide bonds. The Hall–Kier alpha value is -2.85. The second-order valence-corrected chi connectivity index (χ2v) is 9.08. The third-order valence-corrected chi connectivity index (χ3v) is 6.51. The molecular weight excluding hydrogens is 463 g/mol. The Balaban J connectivity index is 1.45. The van der Waals surface area contributed by atoms with Gasteiger partial charge in [-0.25, -0.2) is 19.3 Å². The molecule has 0 aliphatic carbocycles. The Morgan fingerprint density at radius 3 is 2.73 bits per heavy atom. The van der Waals surface area contributed by atoms with Gasteiger partial charge in [-0.15, -0.1) is 0 Å². The van der Waals surface area contributed by atoms with E-state index in [1.807, 2.05) is 12.1 Å². The van der Waals surface area contributed by atoms with Crippen molar-refractivity contribution in [3.05, 3.63) is 59.0 Å². The van der Waals surface area contributed by atoms with Gasteiger partial charge >= 0.3 is 0 Å². The molecule has 10 heteroatoms. The van der Waals surface area contributed by atoms with Gasteiger partial charge in [0.25, 0.3) is 0 Å². The standard InChI is InChI=1S/C23H22ClFN6OS/c1-26-19-12-17(16-3-2-15(24)11-18(16)25)21-22(28-19)33-23(30-21)29-20-10-14(4-5-27-20)13-31-6-8-32-9-7-31/h2-5,10-12H,6-9,13H2,1H3,(H,26,28)(H,27,29,30). The lowest BCUT2D eigenvalue weighted by Crippen LogP contribution is -2.35. The van der Waals surface area contributed by atoms with Crippen molar-refractivity contribution >= 4 is 50.1 Å². The summed E-state index contributed by atoms with van der Waals surface area (Å²) < 4.78 is 20.1. The minimum atomic E-state index is -0.406. The molecule has 1 fully saturated rings. The number of aromatic nitrogens is 3. The maximum absolute atomic E-state index is 14.7. The molecule has 3 aromatic heterocycles. The molecule has 0 atom stereocenters. The van der Waals surface area contributed by atoms with Crippen LogP contribution in [0, 0.1) is 5.82 Å². The zero-order valence-electron chi connectivity index (χ0n) is 17.9. The van der Waals surface area contributed by atoms with E-state index in [2.05, 4.69) is 25.5 Å². The van der Waals surface area contributed by atoms with Crippen molar-refractivity contribution in [3.8, 4) is 11.1 Å². The van der Waals surface area contributed by atoms with Crippen molar-refractivity contribution < 1.29 is 9.13 Å². The molecule has 0 radical (unpaired) electrons. The lowest BCUT2D eigenvalue weighted by atomic mass is 10.1. The molecule has 1 aliphatic rings. The van der Waals surface area contributed by atoms with E-state index in [1.165, 1.54) is 17.4 Å². The summed E-state index contributed by atoms with van der Waals surface area (Å²) >= 11 is 7.34. The molecule has 0 bridgehead atoms. The average Bonchev–Trinajstić information content (AvgIpc) is 3.22. The van der Waals surface area contributed by atoms with Crippen LogP contribution in [0.25, 0.3) is 21.5 Å². The Morgan fingerprint density at radius 1 is 1.09 bits per heavy atom. The molecule has 1 aromatic carbocycles. The predicted octanol–water partition coefficient (Wildman–Crippen LogP) is 5.16. The summed E-state index contributed by atoms with van der Waals surface area (Å²) in [5, 5.41) is 7.31. The Labute approximate surface area is 199 Å². The summed E-state index contributed by atoms with van der Waals surface area (Å²) in [5.41, 5.74) is 2.85. The van der Waals surface area contributed by atoms with Gasteiger partial charge in [0.1, 0.15) is 27.8 Å². The molecule has 0 spiro atoms. The van der Waals surface area contributed by atoms with Gasteiger partial charge in [-0.2, -0.15) is 0 Å². The van der Waals surface area contributed by atoms with Gasteiger partial charge in [-0.3, -0.25) is 4.90 Å². The number of nitrogens with zero attached hydrogens (tertiary/aromatic N) is 4. The van der Waals surface area contributed by atoms with Gasteiger partial charge in [0.15, 0.2) is 5.13 Å².